The molecule has 0 radical (unpaired) electrons. The maximum absolute atomic E-state index is 4.23. The second-order valence-electron chi connectivity index (χ2n) is 3.68. The normalized spacial score (nSPS) is 11.1. The smallest absolute Gasteiger partial charge is 0.131 e. The molecule has 1 N–H and O–H groups in total. The third-order valence-electron chi connectivity index (χ3n) is 2.46. The Morgan fingerprint density at radius 1 is 1.06 bits per heavy atom. The van der Waals surface area contributed by atoms with Crippen LogP contribution in [0.15, 0.2) is 63.6 Å². The van der Waals surface area contributed by atoms with Crippen LogP contribution in [-0.2, 0) is 0 Å². The number of aromatic amines is 1. The highest BCUT2D eigenvalue weighted by atomic mass is 32.1. The van der Waals surface area contributed by atoms with Gasteiger partial charge in [0.2, 0.25) is 0 Å². The Morgan fingerprint density at radius 2 is 1.94 bits per heavy atom. The molecule has 0 aliphatic rings. The first-order chi connectivity index (χ1) is 8.93. The molecule has 88 valence electrons. The minimum Gasteiger partial charge on any atom is -0.275 e. The lowest BCUT2D eigenvalue weighted by Gasteiger charge is -1.94. The number of hydrogen-bond acceptors (Lipinski definition) is 4. The highest BCUT2D eigenvalue weighted by molar-refractivity contribution is 7.08. The first-order valence-corrected chi connectivity index (χ1v) is 6.40. The number of azo groups is 1. The standard InChI is InChI=1S/C13H10N4S/c1-2-4-11(5-3-1)15-16-12-8-14-17-13(12)10-6-7-18-9-10/h1-9H,(H,14,17). The van der Waals surface area contributed by atoms with Crippen LogP contribution in [0.5, 0.6) is 0 Å². The zero-order chi connectivity index (χ0) is 12.2. The molecule has 0 aliphatic carbocycles. The van der Waals surface area contributed by atoms with Crippen LogP contribution in [0.4, 0.5) is 11.4 Å². The summed E-state index contributed by atoms with van der Waals surface area (Å²) in [5.41, 5.74) is 3.56. The van der Waals surface area contributed by atoms with Crippen molar-refractivity contribution < 1.29 is 0 Å². The van der Waals surface area contributed by atoms with Crippen LogP contribution in [0, 0.1) is 0 Å². The lowest BCUT2D eigenvalue weighted by Crippen LogP contribution is -1.73. The number of aromatic nitrogens is 2. The van der Waals surface area contributed by atoms with Crippen LogP contribution in [0.3, 0.4) is 0 Å². The van der Waals surface area contributed by atoms with Crippen LogP contribution in [0.1, 0.15) is 0 Å². The molecule has 3 rings (SSSR count). The van der Waals surface area contributed by atoms with E-state index in [9.17, 15) is 0 Å². The molecule has 1 aromatic carbocycles. The lowest BCUT2D eigenvalue weighted by atomic mass is 10.2. The molecule has 0 unspecified atom stereocenters. The van der Waals surface area contributed by atoms with Gasteiger partial charge in [-0.15, -0.1) is 5.11 Å². The summed E-state index contributed by atoms with van der Waals surface area (Å²) in [5, 5.41) is 19.5. The third-order valence-corrected chi connectivity index (χ3v) is 3.14. The van der Waals surface area contributed by atoms with Crippen molar-refractivity contribution in [3.8, 4) is 11.3 Å². The predicted molar refractivity (Wildman–Crippen MR) is 72.5 cm³/mol. The summed E-state index contributed by atoms with van der Waals surface area (Å²) >= 11 is 1.64. The molecular formula is C13H10N4S. The second kappa shape index (κ2) is 4.93. The van der Waals surface area contributed by atoms with Gasteiger partial charge in [0.25, 0.3) is 0 Å². The number of nitrogens with zero attached hydrogens (tertiary/aromatic N) is 3. The molecule has 0 amide bonds. The maximum atomic E-state index is 4.23. The molecule has 3 aromatic rings. The van der Waals surface area contributed by atoms with Crippen molar-refractivity contribution in [2.24, 2.45) is 10.2 Å². The fourth-order valence-corrected chi connectivity index (χ4v) is 2.23. The van der Waals surface area contributed by atoms with Crippen LogP contribution < -0.4 is 0 Å². The Kier molecular flexibility index (Phi) is 2.97. The van der Waals surface area contributed by atoms with E-state index in [1.165, 1.54) is 0 Å². The zero-order valence-corrected chi connectivity index (χ0v) is 10.3. The van der Waals surface area contributed by atoms with E-state index in [2.05, 4.69) is 25.8 Å². The molecule has 4 nitrogen and oxygen atoms in total. The van der Waals surface area contributed by atoms with Gasteiger partial charge in [-0.2, -0.15) is 21.5 Å². The molecule has 0 fully saturated rings. The molecule has 0 aliphatic heterocycles. The number of nitrogens with one attached hydrogen (secondary N) is 1. The summed E-state index contributed by atoms with van der Waals surface area (Å²) in [7, 11) is 0. The van der Waals surface area contributed by atoms with Gasteiger partial charge in [-0.3, -0.25) is 5.10 Å². The van der Waals surface area contributed by atoms with Crippen molar-refractivity contribution in [2.45, 2.75) is 0 Å². The van der Waals surface area contributed by atoms with Crippen molar-refractivity contribution in [3.05, 3.63) is 53.4 Å². The van der Waals surface area contributed by atoms with Crippen LogP contribution in [0.2, 0.25) is 0 Å². The molecule has 0 bridgehead atoms. The molecule has 2 aromatic heterocycles. The van der Waals surface area contributed by atoms with E-state index < -0.39 is 0 Å². The van der Waals surface area contributed by atoms with E-state index in [4.69, 9.17) is 0 Å². The van der Waals surface area contributed by atoms with E-state index in [1.54, 1.807) is 17.5 Å². The molecule has 0 saturated heterocycles. The van der Waals surface area contributed by atoms with Gasteiger partial charge in [0.05, 0.1) is 17.6 Å². The maximum Gasteiger partial charge on any atom is 0.131 e. The van der Waals surface area contributed by atoms with Gasteiger partial charge < -0.3 is 0 Å². The van der Waals surface area contributed by atoms with E-state index in [-0.39, 0.29) is 0 Å². The van der Waals surface area contributed by atoms with E-state index >= 15 is 0 Å². The highest BCUT2D eigenvalue weighted by Gasteiger charge is 2.06. The van der Waals surface area contributed by atoms with Crippen molar-refractivity contribution in [2.75, 3.05) is 0 Å². The Labute approximate surface area is 108 Å². The summed E-state index contributed by atoms with van der Waals surface area (Å²) in [5.74, 6) is 0. The zero-order valence-electron chi connectivity index (χ0n) is 9.45. The average molecular weight is 254 g/mol. The molecule has 0 spiro atoms. The molecular weight excluding hydrogens is 244 g/mol. The quantitative estimate of drug-likeness (QED) is 0.685. The summed E-state index contributed by atoms with van der Waals surface area (Å²) < 4.78 is 0. The summed E-state index contributed by atoms with van der Waals surface area (Å²) in [6.07, 6.45) is 1.68. The lowest BCUT2D eigenvalue weighted by molar-refractivity contribution is 1.10. The fraction of sp³-hybridized carbons (Fsp3) is 0. The van der Waals surface area contributed by atoms with E-state index in [1.807, 2.05) is 41.8 Å². The molecule has 2 heterocycles. The largest absolute Gasteiger partial charge is 0.275 e. The average Bonchev–Trinajstić information content (AvgIpc) is 3.08. The fourth-order valence-electron chi connectivity index (χ4n) is 1.58. The Hall–Kier alpha value is -2.27. The van der Waals surface area contributed by atoms with Gasteiger partial charge in [-0.05, 0) is 23.6 Å². The molecule has 0 saturated carbocycles. The number of benzene rings is 1. The van der Waals surface area contributed by atoms with Crippen LogP contribution in [0.25, 0.3) is 11.3 Å². The summed E-state index contributed by atoms with van der Waals surface area (Å²) in [4.78, 5) is 0. The number of H-pyrrole nitrogens is 1. The highest BCUT2D eigenvalue weighted by Crippen LogP contribution is 2.30. The van der Waals surface area contributed by atoms with Gasteiger partial charge >= 0.3 is 0 Å². The van der Waals surface area contributed by atoms with Crippen molar-refractivity contribution in [1.82, 2.24) is 10.2 Å². The van der Waals surface area contributed by atoms with Gasteiger partial charge in [0, 0.05) is 10.9 Å². The Morgan fingerprint density at radius 3 is 2.72 bits per heavy atom. The SMILES string of the molecule is c1ccc(N=Nc2cn[nH]c2-c2ccsc2)cc1. The van der Waals surface area contributed by atoms with Gasteiger partial charge in [-0.1, -0.05) is 18.2 Å². The van der Waals surface area contributed by atoms with E-state index in [0.717, 1.165) is 22.6 Å². The van der Waals surface area contributed by atoms with Crippen molar-refractivity contribution in [1.29, 1.82) is 0 Å². The van der Waals surface area contributed by atoms with Gasteiger partial charge in [0.1, 0.15) is 5.69 Å². The van der Waals surface area contributed by atoms with Crippen molar-refractivity contribution in [3.63, 3.8) is 0 Å². The van der Waals surface area contributed by atoms with Gasteiger partial charge in [0.15, 0.2) is 0 Å². The summed E-state index contributed by atoms with van der Waals surface area (Å²) in [6.45, 7) is 0. The minimum absolute atomic E-state index is 0.747. The predicted octanol–water partition coefficient (Wildman–Crippen LogP) is 4.55. The first-order valence-electron chi connectivity index (χ1n) is 5.46. The molecule has 0 atom stereocenters. The van der Waals surface area contributed by atoms with E-state index in [0.29, 0.717) is 0 Å². The monoisotopic (exact) mass is 254 g/mol. The Balaban J connectivity index is 1.91. The summed E-state index contributed by atoms with van der Waals surface area (Å²) in [6, 6.07) is 11.7. The second-order valence-corrected chi connectivity index (χ2v) is 4.46. The molecule has 18 heavy (non-hydrogen) atoms. The molecule has 5 heteroatoms. The minimum atomic E-state index is 0.747. The number of rotatable bonds is 3. The van der Waals surface area contributed by atoms with Crippen LogP contribution >= 0.6 is 11.3 Å². The van der Waals surface area contributed by atoms with Crippen LogP contribution in [-0.4, -0.2) is 10.2 Å². The van der Waals surface area contributed by atoms with Crippen molar-refractivity contribution >= 4 is 22.7 Å². The van der Waals surface area contributed by atoms with Gasteiger partial charge in [-0.25, -0.2) is 0 Å². The topological polar surface area (TPSA) is 53.4 Å². The number of hydrogen-bond donors (Lipinski definition) is 1. The Bertz CT molecular complexity index is 641. The third kappa shape index (κ3) is 2.21. The number of thiophene rings is 1. The first kappa shape index (κ1) is 10.9.